The predicted molar refractivity (Wildman–Crippen MR) is 86.6 cm³/mol. The van der Waals surface area contributed by atoms with Gasteiger partial charge in [-0.1, -0.05) is 77.6 Å². The van der Waals surface area contributed by atoms with E-state index in [2.05, 4.69) is 19.3 Å². The zero-order valence-electron chi connectivity index (χ0n) is 13.6. The average Bonchev–Trinajstić information content (AvgIpc) is 2.47. The first-order chi connectivity index (χ1) is 9.38. The normalized spacial score (nSPS) is 18.6. The highest BCUT2D eigenvalue weighted by Crippen LogP contribution is 2.28. The molecule has 0 aromatic carbocycles. The maximum Gasteiger partial charge on any atom is 0.00923 e. The minimum atomic E-state index is 0.806. The van der Waals surface area contributed by atoms with Crippen LogP contribution in [0.5, 0.6) is 0 Å². The second-order valence-electron chi connectivity index (χ2n) is 6.56. The van der Waals surface area contributed by atoms with E-state index in [1.165, 1.54) is 89.9 Å². The van der Waals surface area contributed by atoms with Crippen LogP contribution in [-0.4, -0.2) is 13.1 Å². The van der Waals surface area contributed by atoms with Gasteiger partial charge in [0.25, 0.3) is 0 Å². The van der Waals surface area contributed by atoms with E-state index in [1.807, 2.05) is 0 Å². The van der Waals surface area contributed by atoms with Crippen molar-refractivity contribution in [3.05, 3.63) is 0 Å². The molecule has 1 aliphatic carbocycles. The van der Waals surface area contributed by atoms with Gasteiger partial charge in [-0.25, -0.2) is 0 Å². The molecule has 0 amide bonds. The summed E-state index contributed by atoms with van der Waals surface area (Å²) in [5.41, 5.74) is 0. The Bertz CT molecular complexity index is 184. The highest BCUT2D eigenvalue weighted by molar-refractivity contribution is 4.78. The SMILES string of the molecule is CCCCCCCCCCC(NC)C1CCCCC1. The number of hydrogen-bond acceptors (Lipinski definition) is 1. The van der Waals surface area contributed by atoms with Crippen LogP contribution < -0.4 is 5.32 Å². The summed E-state index contributed by atoms with van der Waals surface area (Å²) in [5.74, 6) is 0.975. The zero-order chi connectivity index (χ0) is 13.8. The molecule has 1 nitrogen and oxygen atoms in total. The summed E-state index contributed by atoms with van der Waals surface area (Å²) >= 11 is 0. The number of unbranched alkanes of at least 4 members (excludes halogenated alkanes) is 7. The fraction of sp³-hybridized carbons (Fsp3) is 1.00. The lowest BCUT2D eigenvalue weighted by Crippen LogP contribution is -2.34. The molecule has 1 heteroatoms. The summed E-state index contributed by atoms with van der Waals surface area (Å²) in [6, 6.07) is 0.806. The van der Waals surface area contributed by atoms with E-state index in [0.29, 0.717) is 0 Å². The molecular weight excluding hydrogens is 230 g/mol. The third-order valence-electron chi connectivity index (χ3n) is 4.96. The van der Waals surface area contributed by atoms with E-state index in [4.69, 9.17) is 0 Å². The van der Waals surface area contributed by atoms with Crippen molar-refractivity contribution < 1.29 is 0 Å². The van der Waals surface area contributed by atoms with E-state index in [-0.39, 0.29) is 0 Å². The van der Waals surface area contributed by atoms with E-state index in [9.17, 15) is 0 Å². The molecule has 1 unspecified atom stereocenters. The molecule has 0 aromatic heterocycles. The standard InChI is InChI=1S/C18H37N/c1-3-4-5-6-7-8-9-13-16-18(19-2)17-14-11-10-12-15-17/h17-19H,3-16H2,1-2H3. The minimum absolute atomic E-state index is 0.806. The van der Waals surface area contributed by atoms with Crippen LogP contribution in [0.4, 0.5) is 0 Å². The molecule has 1 rings (SSSR count). The Morgan fingerprint density at radius 3 is 2.00 bits per heavy atom. The predicted octanol–water partition coefficient (Wildman–Crippen LogP) is 5.69. The third-order valence-corrected chi connectivity index (χ3v) is 4.96. The third kappa shape index (κ3) is 7.97. The molecule has 1 aliphatic rings. The molecule has 1 atom stereocenters. The Morgan fingerprint density at radius 2 is 1.42 bits per heavy atom. The van der Waals surface area contributed by atoms with Crippen LogP contribution in [0.2, 0.25) is 0 Å². The summed E-state index contributed by atoms with van der Waals surface area (Å²) < 4.78 is 0. The number of rotatable bonds is 11. The largest absolute Gasteiger partial charge is 0.317 e. The molecular formula is C18H37N. The van der Waals surface area contributed by atoms with Crippen molar-refractivity contribution in [2.45, 2.75) is 103 Å². The lowest BCUT2D eigenvalue weighted by atomic mass is 9.82. The first kappa shape index (κ1) is 17.0. The summed E-state index contributed by atoms with van der Waals surface area (Å²) in [6.07, 6.45) is 20.3. The van der Waals surface area contributed by atoms with Gasteiger partial charge in [-0.2, -0.15) is 0 Å². The van der Waals surface area contributed by atoms with Crippen molar-refractivity contribution in [1.29, 1.82) is 0 Å². The lowest BCUT2D eigenvalue weighted by Gasteiger charge is -2.30. The molecule has 0 radical (unpaired) electrons. The molecule has 0 heterocycles. The fourth-order valence-electron chi connectivity index (χ4n) is 3.65. The van der Waals surface area contributed by atoms with Gasteiger partial charge in [0, 0.05) is 6.04 Å². The molecule has 1 N–H and O–H groups in total. The van der Waals surface area contributed by atoms with Gasteiger partial charge < -0.3 is 5.32 Å². The lowest BCUT2D eigenvalue weighted by molar-refractivity contribution is 0.263. The van der Waals surface area contributed by atoms with E-state index in [1.54, 1.807) is 0 Å². The van der Waals surface area contributed by atoms with Gasteiger partial charge in [-0.15, -0.1) is 0 Å². The highest BCUT2D eigenvalue weighted by atomic mass is 14.9. The van der Waals surface area contributed by atoms with Crippen molar-refractivity contribution in [3.63, 3.8) is 0 Å². The molecule has 114 valence electrons. The molecule has 1 fully saturated rings. The van der Waals surface area contributed by atoms with Crippen molar-refractivity contribution in [3.8, 4) is 0 Å². The Balaban J connectivity index is 1.96. The number of nitrogens with one attached hydrogen (secondary N) is 1. The zero-order valence-corrected chi connectivity index (χ0v) is 13.6. The number of hydrogen-bond donors (Lipinski definition) is 1. The van der Waals surface area contributed by atoms with E-state index >= 15 is 0 Å². The van der Waals surface area contributed by atoms with Gasteiger partial charge in [0.1, 0.15) is 0 Å². The van der Waals surface area contributed by atoms with E-state index < -0.39 is 0 Å². The van der Waals surface area contributed by atoms with Gasteiger partial charge in [-0.05, 0) is 32.2 Å². The van der Waals surface area contributed by atoms with Crippen LogP contribution in [0.25, 0.3) is 0 Å². The summed E-state index contributed by atoms with van der Waals surface area (Å²) in [4.78, 5) is 0. The van der Waals surface area contributed by atoms with E-state index in [0.717, 1.165) is 12.0 Å². The Hall–Kier alpha value is -0.0400. The topological polar surface area (TPSA) is 12.0 Å². The summed E-state index contributed by atoms with van der Waals surface area (Å²) in [5, 5.41) is 3.59. The fourth-order valence-corrected chi connectivity index (χ4v) is 3.65. The summed E-state index contributed by atoms with van der Waals surface area (Å²) in [6.45, 7) is 2.29. The Labute approximate surface area is 121 Å². The van der Waals surface area contributed by atoms with Gasteiger partial charge in [0.05, 0.1) is 0 Å². The smallest absolute Gasteiger partial charge is 0.00923 e. The Kier molecular flexibility index (Phi) is 10.5. The second-order valence-corrected chi connectivity index (χ2v) is 6.56. The van der Waals surface area contributed by atoms with Crippen molar-refractivity contribution >= 4 is 0 Å². The van der Waals surface area contributed by atoms with Crippen molar-refractivity contribution in [2.24, 2.45) is 5.92 Å². The molecule has 0 aliphatic heterocycles. The molecule has 0 spiro atoms. The van der Waals surface area contributed by atoms with Gasteiger partial charge in [0.2, 0.25) is 0 Å². The van der Waals surface area contributed by atoms with Gasteiger partial charge in [0.15, 0.2) is 0 Å². The molecule has 19 heavy (non-hydrogen) atoms. The molecule has 0 bridgehead atoms. The van der Waals surface area contributed by atoms with Crippen LogP contribution in [0.15, 0.2) is 0 Å². The maximum absolute atomic E-state index is 3.59. The van der Waals surface area contributed by atoms with Crippen LogP contribution in [0.3, 0.4) is 0 Å². The molecule has 0 aromatic rings. The first-order valence-electron chi connectivity index (χ1n) is 9.05. The average molecular weight is 268 g/mol. The van der Waals surface area contributed by atoms with Crippen LogP contribution >= 0.6 is 0 Å². The van der Waals surface area contributed by atoms with Crippen molar-refractivity contribution in [1.82, 2.24) is 5.32 Å². The quantitative estimate of drug-likeness (QED) is 0.474. The van der Waals surface area contributed by atoms with Crippen LogP contribution in [0.1, 0.15) is 96.8 Å². The van der Waals surface area contributed by atoms with Gasteiger partial charge >= 0.3 is 0 Å². The van der Waals surface area contributed by atoms with Crippen molar-refractivity contribution in [2.75, 3.05) is 7.05 Å². The molecule has 0 saturated heterocycles. The minimum Gasteiger partial charge on any atom is -0.317 e. The maximum atomic E-state index is 3.59. The summed E-state index contributed by atoms with van der Waals surface area (Å²) in [7, 11) is 2.17. The second kappa shape index (κ2) is 11.8. The van der Waals surface area contributed by atoms with Crippen LogP contribution in [-0.2, 0) is 0 Å². The van der Waals surface area contributed by atoms with Gasteiger partial charge in [-0.3, -0.25) is 0 Å². The molecule has 1 saturated carbocycles. The monoisotopic (exact) mass is 267 g/mol. The van der Waals surface area contributed by atoms with Crippen LogP contribution in [0, 0.1) is 5.92 Å². The highest BCUT2D eigenvalue weighted by Gasteiger charge is 2.21. The Morgan fingerprint density at radius 1 is 0.842 bits per heavy atom. The first-order valence-corrected chi connectivity index (χ1v) is 9.05.